The number of anilines is 4. The molecule has 0 saturated heterocycles. The average Bonchev–Trinajstić information content (AvgIpc) is 3.53. The molecular weight excluding hydrogens is 533 g/mol. The van der Waals surface area contributed by atoms with Gasteiger partial charge in [-0.15, -0.1) is 0 Å². The Kier molecular flexibility index (Phi) is 7.36. The Morgan fingerprint density at radius 2 is 0.929 bits per heavy atom. The van der Waals surface area contributed by atoms with E-state index in [2.05, 4.69) is 95.0 Å². The third-order valence-electron chi connectivity index (χ3n) is 8.33. The quantitative estimate of drug-likeness (QED) is 0.308. The minimum absolute atomic E-state index is 0.0420. The molecule has 0 fully saturated rings. The van der Waals surface area contributed by atoms with Crippen molar-refractivity contribution in [2.75, 3.05) is 32.9 Å². The van der Waals surface area contributed by atoms with E-state index in [1.165, 1.54) is 23.3 Å². The van der Waals surface area contributed by atoms with Gasteiger partial charge in [-0.05, 0) is 78.3 Å². The van der Waals surface area contributed by atoms with Crippen LogP contribution in [-0.2, 0) is 17.0 Å². The standard InChI is InChI=1S/C35H41F3N4/c1-24-25(2)42(23-41(24)30-15-11-27(12-16-30)34(6,7)8)32-20-28(35(36,37)38)19-31(21-32)40-18-17-39(22-40)29-13-9-26(10-14-29)33(3,4)5/h9-21H,22-23H2,1-8H3. The molecule has 2 heterocycles. The average molecular weight is 575 g/mol. The molecule has 0 unspecified atom stereocenters. The zero-order valence-corrected chi connectivity index (χ0v) is 25.8. The number of alkyl halides is 3. The van der Waals surface area contributed by atoms with E-state index in [0.29, 0.717) is 24.7 Å². The molecule has 222 valence electrons. The van der Waals surface area contributed by atoms with Crippen LogP contribution < -0.4 is 19.6 Å². The van der Waals surface area contributed by atoms with Crippen molar-refractivity contribution in [3.8, 4) is 0 Å². The summed E-state index contributed by atoms with van der Waals surface area (Å²) in [6, 6.07) is 21.2. The third kappa shape index (κ3) is 5.87. The van der Waals surface area contributed by atoms with Crippen LogP contribution in [0.1, 0.15) is 72.1 Å². The summed E-state index contributed by atoms with van der Waals surface area (Å²) in [4.78, 5) is 8.02. The fourth-order valence-electron chi connectivity index (χ4n) is 5.42. The summed E-state index contributed by atoms with van der Waals surface area (Å²) in [5.74, 6) is 0. The molecule has 0 aromatic heterocycles. The van der Waals surface area contributed by atoms with Crippen LogP contribution in [-0.4, -0.2) is 13.3 Å². The zero-order valence-electron chi connectivity index (χ0n) is 25.8. The Balaban J connectivity index is 1.42. The summed E-state index contributed by atoms with van der Waals surface area (Å²) in [7, 11) is 0. The van der Waals surface area contributed by atoms with Gasteiger partial charge in [-0.1, -0.05) is 65.8 Å². The van der Waals surface area contributed by atoms with Gasteiger partial charge in [0.2, 0.25) is 0 Å². The van der Waals surface area contributed by atoms with E-state index in [0.717, 1.165) is 22.8 Å². The molecular formula is C35H41F3N4. The van der Waals surface area contributed by atoms with Gasteiger partial charge in [0, 0.05) is 46.5 Å². The summed E-state index contributed by atoms with van der Waals surface area (Å²) in [6.07, 6.45) is -0.705. The van der Waals surface area contributed by atoms with E-state index < -0.39 is 11.7 Å². The molecule has 0 bridgehead atoms. The first-order valence-corrected chi connectivity index (χ1v) is 14.4. The number of nitrogens with zero attached hydrogens (tertiary/aromatic N) is 4. The molecule has 4 nitrogen and oxygen atoms in total. The number of rotatable bonds is 4. The molecule has 0 aliphatic carbocycles. The van der Waals surface area contributed by atoms with E-state index in [1.807, 2.05) is 47.0 Å². The van der Waals surface area contributed by atoms with E-state index >= 15 is 0 Å². The monoisotopic (exact) mass is 574 g/mol. The molecule has 2 aliphatic heterocycles. The van der Waals surface area contributed by atoms with Gasteiger partial charge in [0.1, 0.15) is 0 Å². The lowest BCUT2D eigenvalue weighted by molar-refractivity contribution is -0.137. The lowest BCUT2D eigenvalue weighted by Crippen LogP contribution is -2.28. The first kappa shape index (κ1) is 29.6. The largest absolute Gasteiger partial charge is 0.416 e. The van der Waals surface area contributed by atoms with Crippen molar-refractivity contribution in [3.05, 3.63) is 107 Å². The van der Waals surface area contributed by atoms with Crippen molar-refractivity contribution in [3.63, 3.8) is 0 Å². The van der Waals surface area contributed by atoms with Crippen LogP contribution in [0.25, 0.3) is 0 Å². The minimum Gasteiger partial charge on any atom is -0.328 e. The number of allylic oxidation sites excluding steroid dienone is 2. The summed E-state index contributed by atoms with van der Waals surface area (Å²) >= 11 is 0. The molecule has 0 atom stereocenters. The summed E-state index contributed by atoms with van der Waals surface area (Å²) in [5, 5.41) is 0. The van der Waals surface area contributed by atoms with Crippen molar-refractivity contribution in [2.45, 2.75) is 72.4 Å². The van der Waals surface area contributed by atoms with Crippen LogP contribution in [0.4, 0.5) is 35.9 Å². The van der Waals surface area contributed by atoms with Crippen LogP contribution in [0, 0.1) is 0 Å². The SMILES string of the molecule is CC1=C(C)N(c2cc(N3C=CN(c4ccc(C(C)(C)C)cc4)C3)cc(C(F)(F)F)c2)CN1c1ccc(C(C)(C)C)cc1. The summed E-state index contributed by atoms with van der Waals surface area (Å²) in [5.41, 5.74) is 6.89. The van der Waals surface area contributed by atoms with Crippen LogP contribution in [0.15, 0.2) is 90.5 Å². The second-order valence-electron chi connectivity index (χ2n) is 13.4. The van der Waals surface area contributed by atoms with Gasteiger partial charge in [0.05, 0.1) is 18.9 Å². The molecule has 7 heteroatoms. The van der Waals surface area contributed by atoms with Crippen LogP contribution in [0.3, 0.4) is 0 Å². The minimum atomic E-state index is -4.47. The smallest absolute Gasteiger partial charge is 0.328 e. The topological polar surface area (TPSA) is 13.0 Å². The molecule has 0 N–H and O–H groups in total. The van der Waals surface area contributed by atoms with Gasteiger partial charge in [0.15, 0.2) is 0 Å². The van der Waals surface area contributed by atoms with Gasteiger partial charge >= 0.3 is 6.18 Å². The highest BCUT2D eigenvalue weighted by atomic mass is 19.4. The maximum atomic E-state index is 14.2. The number of hydrogen-bond donors (Lipinski definition) is 0. The van der Waals surface area contributed by atoms with Crippen molar-refractivity contribution in [1.29, 1.82) is 0 Å². The van der Waals surface area contributed by atoms with Crippen molar-refractivity contribution in [1.82, 2.24) is 0 Å². The fourth-order valence-corrected chi connectivity index (χ4v) is 5.42. The fraction of sp³-hybridized carbons (Fsp3) is 0.371. The first-order valence-electron chi connectivity index (χ1n) is 14.4. The number of benzene rings is 3. The van der Waals surface area contributed by atoms with Crippen LogP contribution >= 0.6 is 0 Å². The maximum absolute atomic E-state index is 14.2. The Bertz CT molecular complexity index is 1500. The Morgan fingerprint density at radius 1 is 0.500 bits per heavy atom. The lowest BCUT2D eigenvalue weighted by atomic mass is 9.87. The molecule has 5 rings (SSSR count). The molecule has 0 spiro atoms. The Morgan fingerprint density at radius 3 is 1.40 bits per heavy atom. The van der Waals surface area contributed by atoms with E-state index in [4.69, 9.17) is 0 Å². The zero-order chi connectivity index (χ0) is 30.6. The van der Waals surface area contributed by atoms with E-state index in [-0.39, 0.29) is 10.8 Å². The molecule has 0 amide bonds. The molecule has 0 radical (unpaired) electrons. The van der Waals surface area contributed by atoms with Crippen molar-refractivity contribution >= 4 is 22.7 Å². The van der Waals surface area contributed by atoms with E-state index in [9.17, 15) is 13.2 Å². The second kappa shape index (κ2) is 10.4. The first-order chi connectivity index (χ1) is 19.5. The van der Waals surface area contributed by atoms with Crippen molar-refractivity contribution in [2.24, 2.45) is 0 Å². The summed E-state index contributed by atoms with van der Waals surface area (Å²) < 4.78 is 42.5. The molecule has 42 heavy (non-hydrogen) atoms. The number of halogens is 3. The van der Waals surface area contributed by atoms with Gasteiger partial charge in [-0.2, -0.15) is 13.2 Å². The molecule has 0 saturated carbocycles. The predicted molar refractivity (Wildman–Crippen MR) is 169 cm³/mol. The Hall–Kier alpha value is -3.87. The normalized spacial score (nSPS) is 16.4. The molecule has 3 aromatic carbocycles. The van der Waals surface area contributed by atoms with Gasteiger partial charge < -0.3 is 19.6 Å². The van der Waals surface area contributed by atoms with Crippen LogP contribution in [0.5, 0.6) is 0 Å². The Labute approximate surface area is 248 Å². The maximum Gasteiger partial charge on any atom is 0.416 e. The highest BCUT2D eigenvalue weighted by Crippen LogP contribution is 2.40. The van der Waals surface area contributed by atoms with Gasteiger partial charge in [0.25, 0.3) is 0 Å². The van der Waals surface area contributed by atoms with Crippen molar-refractivity contribution < 1.29 is 13.2 Å². The summed E-state index contributed by atoms with van der Waals surface area (Å²) in [6.45, 7) is 17.9. The van der Waals surface area contributed by atoms with Gasteiger partial charge in [-0.25, -0.2) is 0 Å². The third-order valence-corrected chi connectivity index (χ3v) is 8.33. The van der Waals surface area contributed by atoms with Crippen LogP contribution in [0.2, 0.25) is 0 Å². The second-order valence-corrected chi connectivity index (χ2v) is 13.4. The molecule has 2 aliphatic rings. The lowest BCUT2D eigenvalue weighted by Gasteiger charge is -2.28. The van der Waals surface area contributed by atoms with Gasteiger partial charge in [-0.3, -0.25) is 0 Å². The molecule has 3 aromatic rings. The van der Waals surface area contributed by atoms with E-state index in [1.54, 1.807) is 0 Å². The number of hydrogen-bond acceptors (Lipinski definition) is 4. The predicted octanol–water partition coefficient (Wildman–Crippen LogP) is 9.59. The highest BCUT2D eigenvalue weighted by molar-refractivity contribution is 5.71. The highest BCUT2D eigenvalue weighted by Gasteiger charge is 2.34.